The molecule has 2 N–H and O–H groups in total. The third kappa shape index (κ3) is 0.807. The minimum absolute atomic E-state index is 0.716. The van der Waals surface area contributed by atoms with Crippen LogP contribution < -0.4 is 4.98 Å². The van der Waals surface area contributed by atoms with Gasteiger partial charge in [-0.15, -0.1) is 5.10 Å². The zero-order chi connectivity index (χ0) is 8.67. The van der Waals surface area contributed by atoms with E-state index in [4.69, 9.17) is 0 Å². The summed E-state index contributed by atoms with van der Waals surface area (Å²) in [5.74, 6) is 0. The number of H-pyrrole nitrogens is 2. The number of aromatic amines is 2. The van der Waals surface area contributed by atoms with E-state index in [1.54, 1.807) is 0 Å². The van der Waals surface area contributed by atoms with Crippen molar-refractivity contribution in [2.45, 2.75) is 0 Å². The standard InChI is InChI=1S/C8H5N5/c1-2-5-4-9-8-7(6(5)3-1)10-12-13-11-8/h1-4H,(H,10,13)/p+1. The summed E-state index contributed by atoms with van der Waals surface area (Å²) in [6.07, 6.45) is 1.90. The molecule has 0 fully saturated rings. The van der Waals surface area contributed by atoms with E-state index < -0.39 is 0 Å². The van der Waals surface area contributed by atoms with Crippen LogP contribution >= 0.6 is 0 Å². The summed E-state index contributed by atoms with van der Waals surface area (Å²) in [6, 6.07) is 6.00. The molecule has 5 heteroatoms. The highest BCUT2D eigenvalue weighted by molar-refractivity contribution is 6.00. The Morgan fingerprint density at radius 1 is 1.31 bits per heavy atom. The second kappa shape index (κ2) is 2.22. The van der Waals surface area contributed by atoms with Crippen LogP contribution in [0.3, 0.4) is 0 Å². The Labute approximate surface area is 72.8 Å². The molecule has 2 heterocycles. The Hall–Kier alpha value is -2.04. The number of aromatic nitrogens is 5. The van der Waals surface area contributed by atoms with E-state index >= 15 is 0 Å². The number of fused-ring (bicyclic) bond motifs is 3. The first-order chi connectivity index (χ1) is 6.45. The van der Waals surface area contributed by atoms with Crippen LogP contribution in [0, 0.1) is 0 Å². The fourth-order valence-corrected chi connectivity index (χ4v) is 1.45. The molecule has 3 rings (SSSR count). The first-order valence-corrected chi connectivity index (χ1v) is 3.92. The van der Waals surface area contributed by atoms with Crippen molar-refractivity contribution in [2.75, 3.05) is 0 Å². The lowest BCUT2D eigenvalue weighted by Gasteiger charge is -1.88. The van der Waals surface area contributed by atoms with Crippen LogP contribution in [0.2, 0.25) is 0 Å². The van der Waals surface area contributed by atoms with Crippen molar-refractivity contribution in [2.24, 2.45) is 0 Å². The van der Waals surface area contributed by atoms with Crippen molar-refractivity contribution in [3.8, 4) is 0 Å². The fourth-order valence-electron chi connectivity index (χ4n) is 1.45. The SMILES string of the molecule is c1cc2c[nH+]c3n[nH]nnc3c2c1. The summed E-state index contributed by atoms with van der Waals surface area (Å²) in [5, 5.41) is 16.2. The second-order valence-electron chi connectivity index (χ2n) is 2.79. The van der Waals surface area contributed by atoms with Crippen LogP contribution in [0.5, 0.6) is 0 Å². The average Bonchev–Trinajstić information content (AvgIpc) is 2.65. The molecular formula is C8H6N5+. The summed E-state index contributed by atoms with van der Waals surface area (Å²) in [6.45, 7) is 0. The molecule has 2 aromatic heterocycles. The number of hydrogen-bond donors (Lipinski definition) is 1. The smallest absolute Gasteiger partial charge is 0.240 e. The predicted molar refractivity (Wildman–Crippen MR) is 45.7 cm³/mol. The summed E-state index contributed by atoms with van der Waals surface area (Å²) >= 11 is 0. The summed E-state index contributed by atoms with van der Waals surface area (Å²) < 4.78 is 0. The highest BCUT2D eigenvalue weighted by atomic mass is 15.4. The monoisotopic (exact) mass is 172 g/mol. The Balaban J connectivity index is 2.65. The van der Waals surface area contributed by atoms with Crippen LogP contribution in [-0.4, -0.2) is 20.6 Å². The summed E-state index contributed by atoms with van der Waals surface area (Å²) in [5.41, 5.74) is 1.51. The molecule has 5 nitrogen and oxygen atoms in total. The van der Waals surface area contributed by atoms with Crippen LogP contribution in [-0.2, 0) is 0 Å². The van der Waals surface area contributed by atoms with Crippen LogP contribution in [0.4, 0.5) is 0 Å². The normalized spacial score (nSPS) is 11.1. The molecule has 0 atom stereocenters. The zero-order valence-electron chi connectivity index (χ0n) is 6.65. The van der Waals surface area contributed by atoms with Gasteiger partial charge in [0, 0.05) is 10.8 Å². The lowest BCUT2D eigenvalue weighted by molar-refractivity contribution is -0.346. The van der Waals surface area contributed by atoms with Gasteiger partial charge in [-0.1, -0.05) is 23.4 Å². The van der Waals surface area contributed by atoms with Gasteiger partial charge in [0.15, 0.2) is 5.52 Å². The van der Waals surface area contributed by atoms with E-state index in [-0.39, 0.29) is 0 Å². The molecule has 0 unspecified atom stereocenters. The third-order valence-electron chi connectivity index (χ3n) is 2.05. The molecule has 3 aromatic rings. The highest BCUT2D eigenvalue weighted by Gasteiger charge is 2.09. The quantitative estimate of drug-likeness (QED) is 0.531. The predicted octanol–water partition coefficient (Wildman–Crippen LogP) is 0.320. The minimum atomic E-state index is 0.716. The van der Waals surface area contributed by atoms with Gasteiger partial charge in [0.1, 0.15) is 0 Å². The maximum Gasteiger partial charge on any atom is 0.376 e. The van der Waals surface area contributed by atoms with Gasteiger partial charge >= 0.3 is 5.65 Å². The first-order valence-electron chi connectivity index (χ1n) is 3.92. The molecule has 13 heavy (non-hydrogen) atoms. The van der Waals surface area contributed by atoms with Gasteiger partial charge in [-0.05, 0) is 5.21 Å². The van der Waals surface area contributed by atoms with E-state index in [1.807, 2.05) is 24.4 Å². The van der Waals surface area contributed by atoms with Crippen molar-refractivity contribution in [3.05, 3.63) is 24.4 Å². The van der Waals surface area contributed by atoms with E-state index in [0.717, 1.165) is 16.3 Å². The minimum Gasteiger partial charge on any atom is -0.240 e. The molecule has 0 spiro atoms. The molecule has 0 aliphatic rings. The summed E-state index contributed by atoms with van der Waals surface area (Å²) in [4.78, 5) is 3.04. The van der Waals surface area contributed by atoms with Crippen molar-refractivity contribution < 1.29 is 4.98 Å². The maximum absolute atomic E-state index is 3.98. The lowest BCUT2D eigenvalue weighted by Crippen LogP contribution is -2.07. The topological polar surface area (TPSA) is 68.6 Å². The first kappa shape index (κ1) is 6.47. The van der Waals surface area contributed by atoms with E-state index in [1.165, 1.54) is 0 Å². The van der Waals surface area contributed by atoms with Crippen LogP contribution in [0.1, 0.15) is 0 Å². The van der Waals surface area contributed by atoms with Crippen LogP contribution in [0.25, 0.3) is 21.9 Å². The van der Waals surface area contributed by atoms with Gasteiger partial charge in [-0.25, -0.2) is 4.98 Å². The number of nitrogens with one attached hydrogen (secondary N) is 2. The average molecular weight is 172 g/mol. The molecule has 0 bridgehead atoms. The molecule has 0 aliphatic carbocycles. The molecule has 0 radical (unpaired) electrons. The second-order valence-corrected chi connectivity index (χ2v) is 2.79. The van der Waals surface area contributed by atoms with Gasteiger partial charge in [0.25, 0.3) is 0 Å². The molecule has 62 valence electrons. The number of nitrogens with zero attached hydrogens (tertiary/aromatic N) is 3. The Bertz CT molecular complexity index is 571. The number of hydrogen-bond acceptors (Lipinski definition) is 3. The lowest BCUT2D eigenvalue weighted by atomic mass is 10.3. The van der Waals surface area contributed by atoms with E-state index in [0.29, 0.717) is 5.65 Å². The number of rotatable bonds is 0. The fraction of sp³-hybridized carbons (Fsp3) is 0. The molecular weight excluding hydrogens is 166 g/mol. The van der Waals surface area contributed by atoms with Gasteiger partial charge in [0.2, 0.25) is 0 Å². The van der Waals surface area contributed by atoms with E-state index in [9.17, 15) is 0 Å². The Morgan fingerprint density at radius 3 is 3.31 bits per heavy atom. The van der Waals surface area contributed by atoms with Crippen molar-refractivity contribution in [1.82, 2.24) is 20.6 Å². The van der Waals surface area contributed by atoms with Gasteiger partial charge in [-0.3, -0.25) is 0 Å². The largest absolute Gasteiger partial charge is 0.376 e. The molecule has 0 amide bonds. The molecule has 1 aromatic carbocycles. The Morgan fingerprint density at radius 2 is 2.31 bits per heavy atom. The van der Waals surface area contributed by atoms with E-state index in [2.05, 4.69) is 25.6 Å². The third-order valence-corrected chi connectivity index (χ3v) is 2.05. The Kier molecular flexibility index (Phi) is 1.11. The van der Waals surface area contributed by atoms with Gasteiger partial charge < -0.3 is 0 Å². The zero-order valence-corrected chi connectivity index (χ0v) is 6.65. The van der Waals surface area contributed by atoms with Crippen molar-refractivity contribution >= 4 is 21.9 Å². The summed E-state index contributed by atoms with van der Waals surface area (Å²) in [7, 11) is 0. The molecule has 0 saturated carbocycles. The van der Waals surface area contributed by atoms with Gasteiger partial charge in [0.05, 0.1) is 11.3 Å². The number of pyridine rings is 1. The maximum atomic E-state index is 3.98. The molecule has 0 aliphatic heterocycles. The van der Waals surface area contributed by atoms with Gasteiger partial charge in [-0.2, -0.15) is 0 Å². The molecule has 0 saturated heterocycles. The van der Waals surface area contributed by atoms with Crippen molar-refractivity contribution in [3.63, 3.8) is 0 Å². The highest BCUT2D eigenvalue weighted by Crippen LogP contribution is 2.17. The van der Waals surface area contributed by atoms with Crippen LogP contribution in [0.15, 0.2) is 24.4 Å². The van der Waals surface area contributed by atoms with Crippen molar-refractivity contribution in [1.29, 1.82) is 0 Å².